The Kier molecular flexibility index (Phi) is 7.35. The summed E-state index contributed by atoms with van der Waals surface area (Å²) < 4.78 is 0. The maximum Gasteiger partial charge on any atom is 0.259 e. The van der Waals surface area contributed by atoms with Gasteiger partial charge in [-0.2, -0.15) is 4.98 Å². The molecule has 1 amide bonds. The maximum absolute atomic E-state index is 13.5. The Bertz CT molecular complexity index is 1020. The van der Waals surface area contributed by atoms with Gasteiger partial charge in [-0.15, -0.1) is 0 Å². The van der Waals surface area contributed by atoms with Crippen LogP contribution >= 0.6 is 11.6 Å². The van der Waals surface area contributed by atoms with Crippen LogP contribution in [0.4, 0.5) is 11.8 Å². The molecule has 0 saturated carbocycles. The van der Waals surface area contributed by atoms with Gasteiger partial charge in [-0.1, -0.05) is 41.9 Å². The fourth-order valence-electron chi connectivity index (χ4n) is 3.94. The van der Waals surface area contributed by atoms with Gasteiger partial charge in [0.1, 0.15) is 5.82 Å². The van der Waals surface area contributed by atoms with Gasteiger partial charge < -0.3 is 10.6 Å². The van der Waals surface area contributed by atoms with Gasteiger partial charge in [-0.05, 0) is 74.7 Å². The van der Waals surface area contributed by atoms with Crippen LogP contribution in [0.3, 0.4) is 0 Å². The number of nitrogens with one attached hydrogen (secondary N) is 2. The Hall–Kier alpha value is -2.96. The molecule has 2 N–H and O–H groups in total. The number of rotatable bonds is 7. The molecule has 166 valence electrons. The SMILES string of the molecule is C[C@H](Nc1nccc(N(CC2CCNCC2)C(=O)c2ccc(Cl)cc2)n1)c1ccccc1. The second-order valence-electron chi connectivity index (χ2n) is 8.13. The van der Waals surface area contributed by atoms with Gasteiger partial charge in [0.15, 0.2) is 0 Å². The van der Waals surface area contributed by atoms with Gasteiger partial charge in [0.05, 0.1) is 6.04 Å². The predicted molar refractivity (Wildman–Crippen MR) is 129 cm³/mol. The van der Waals surface area contributed by atoms with Gasteiger partial charge >= 0.3 is 0 Å². The average Bonchev–Trinajstić information content (AvgIpc) is 2.84. The number of piperidine rings is 1. The first-order valence-electron chi connectivity index (χ1n) is 11.0. The Morgan fingerprint density at radius 3 is 2.56 bits per heavy atom. The Labute approximate surface area is 194 Å². The molecule has 1 aliphatic rings. The molecule has 1 fully saturated rings. The molecule has 0 radical (unpaired) electrons. The van der Waals surface area contributed by atoms with Crippen LogP contribution in [0, 0.1) is 5.92 Å². The summed E-state index contributed by atoms with van der Waals surface area (Å²) in [4.78, 5) is 24.3. The molecule has 7 heteroatoms. The topological polar surface area (TPSA) is 70.2 Å². The Balaban J connectivity index is 1.59. The van der Waals surface area contributed by atoms with E-state index in [0.717, 1.165) is 31.5 Å². The number of aromatic nitrogens is 2. The van der Waals surface area contributed by atoms with E-state index >= 15 is 0 Å². The molecule has 1 saturated heterocycles. The van der Waals surface area contributed by atoms with Crippen LogP contribution < -0.4 is 15.5 Å². The van der Waals surface area contributed by atoms with Gasteiger partial charge in [0.2, 0.25) is 5.95 Å². The standard InChI is InChI=1S/C25H28ClN5O/c1-18(20-5-3-2-4-6-20)29-25-28-16-13-23(30-25)31(17-19-11-14-27-15-12-19)24(32)21-7-9-22(26)10-8-21/h2-10,13,16,18-19,27H,11-12,14-15,17H2,1H3,(H,28,29,30)/t18-/m0/s1. The van der Waals surface area contributed by atoms with Crippen molar-refractivity contribution >= 4 is 29.3 Å². The van der Waals surface area contributed by atoms with Crippen molar-refractivity contribution in [2.45, 2.75) is 25.8 Å². The summed E-state index contributed by atoms with van der Waals surface area (Å²) in [5.41, 5.74) is 1.74. The van der Waals surface area contributed by atoms with Crippen LogP contribution in [-0.4, -0.2) is 35.5 Å². The fraction of sp³-hybridized carbons (Fsp3) is 0.320. The molecule has 1 atom stereocenters. The second-order valence-corrected chi connectivity index (χ2v) is 8.57. The molecule has 6 nitrogen and oxygen atoms in total. The molecule has 3 aromatic rings. The van der Waals surface area contributed by atoms with Crippen molar-refractivity contribution in [2.24, 2.45) is 5.92 Å². The number of nitrogens with zero attached hydrogens (tertiary/aromatic N) is 3. The van der Waals surface area contributed by atoms with Crippen LogP contribution in [0.5, 0.6) is 0 Å². The van der Waals surface area contributed by atoms with Crippen molar-refractivity contribution in [2.75, 3.05) is 29.9 Å². The number of hydrogen-bond acceptors (Lipinski definition) is 5. The van der Waals surface area contributed by atoms with E-state index in [2.05, 4.69) is 34.7 Å². The number of halogens is 1. The zero-order valence-corrected chi connectivity index (χ0v) is 18.9. The van der Waals surface area contributed by atoms with Crippen molar-refractivity contribution in [3.05, 3.63) is 83.0 Å². The van der Waals surface area contributed by atoms with E-state index in [4.69, 9.17) is 16.6 Å². The summed E-state index contributed by atoms with van der Waals surface area (Å²) in [5.74, 6) is 1.43. The quantitative estimate of drug-likeness (QED) is 0.534. The van der Waals surface area contributed by atoms with Crippen molar-refractivity contribution in [3.8, 4) is 0 Å². The zero-order chi connectivity index (χ0) is 22.3. The van der Waals surface area contributed by atoms with Crippen LogP contribution in [-0.2, 0) is 0 Å². The molecule has 1 aromatic heterocycles. The van der Waals surface area contributed by atoms with E-state index in [1.165, 1.54) is 0 Å². The lowest BCUT2D eigenvalue weighted by atomic mass is 9.97. The van der Waals surface area contributed by atoms with Crippen LogP contribution in [0.25, 0.3) is 0 Å². The molecule has 2 heterocycles. The summed E-state index contributed by atoms with van der Waals surface area (Å²) in [5, 5.41) is 7.35. The Morgan fingerprint density at radius 1 is 1.12 bits per heavy atom. The molecule has 0 spiro atoms. The zero-order valence-electron chi connectivity index (χ0n) is 18.2. The fourth-order valence-corrected chi connectivity index (χ4v) is 4.06. The highest BCUT2D eigenvalue weighted by Gasteiger charge is 2.24. The molecule has 4 rings (SSSR count). The number of amides is 1. The van der Waals surface area contributed by atoms with E-state index in [-0.39, 0.29) is 11.9 Å². The first-order valence-corrected chi connectivity index (χ1v) is 11.4. The van der Waals surface area contributed by atoms with E-state index in [0.29, 0.717) is 34.8 Å². The summed E-state index contributed by atoms with van der Waals surface area (Å²) in [7, 11) is 0. The number of hydrogen-bond donors (Lipinski definition) is 2. The summed E-state index contributed by atoms with van der Waals surface area (Å²) >= 11 is 6.03. The van der Waals surface area contributed by atoms with Crippen LogP contribution in [0.1, 0.15) is 41.7 Å². The highest BCUT2D eigenvalue weighted by Crippen LogP contribution is 2.23. The lowest BCUT2D eigenvalue weighted by Gasteiger charge is -2.30. The van der Waals surface area contributed by atoms with E-state index < -0.39 is 0 Å². The van der Waals surface area contributed by atoms with Crippen LogP contribution in [0.2, 0.25) is 5.02 Å². The highest BCUT2D eigenvalue weighted by molar-refractivity contribution is 6.30. The van der Waals surface area contributed by atoms with E-state index in [1.807, 2.05) is 18.2 Å². The Morgan fingerprint density at radius 2 is 1.84 bits per heavy atom. The monoisotopic (exact) mass is 449 g/mol. The summed E-state index contributed by atoms with van der Waals surface area (Å²) in [6, 6.07) is 19.0. The first-order chi connectivity index (χ1) is 15.6. The number of anilines is 2. The predicted octanol–water partition coefficient (Wildman–Crippen LogP) is 4.95. The van der Waals surface area contributed by atoms with Crippen LogP contribution in [0.15, 0.2) is 66.9 Å². The highest BCUT2D eigenvalue weighted by atomic mass is 35.5. The minimum Gasteiger partial charge on any atom is -0.348 e. The van der Waals surface area contributed by atoms with Gasteiger partial charge in [0, 0.05) is 23.3 Å². The van der Waals surface area contributed by atoms with Crippen molar-refractivity contribution in [1.29, 1.82) is 0 Å². The molecular weight excluding hydrogens is 422 g/mol. The first kappa shape index (κ1) is 22.2. The van der Waals surface area contributed by atoms with E-state index in [9.17, 15) is 4.79 Å². The summed E-state index contributed by atoms with van der Waals surface area (Å²) in [6.07, 6.45) is 3.77. The van der Waals surface area contributed by atoms with E-state index in [1.54, 1.807) is 41.4 Å². The smallest absolute Gasteiger partial charge is 0.259 e. The molecule has 0 bridgehead atoms. The normalized spacial score (nSPS) is 15.2. The largest absolute Gasteiger partial charge is 0.348 e. The molecule has 2 aromatic carbocycles. The van der Waals surface area contributed by atoms with Gasteiger partial charge in [-0.3, -0.25) is 9.69 Å². The lowest BCUT2D eigenvalue weighted by molar-refractivity contribution is 0.0980. The number of carbonyl (C=O) groups is 1. The van der Waals surface area contributed by atoms with Gasteiger partial charge in [-0.25, -0.2) is 4.98 Å². The molecule has 1 aliphatic heterocycles. The second kappa shape index (κ2) is 10.6. The molecule has 0 aliphatic carbocycles. The minimum atomic E-state index is -0.0824. The lowest BCUT2D eigenvalue weighted by Crippen LogP contribution is -2.40. The molecule has 0 unspecified atom stereocenters. The third kappa shape index (κ3) is 5.64. The minimum absolute atomic E-state index is 0.0382. The third-order valence-corrected chi connectivity index (χ3v) is 6.05. The number of benzene rings is 2. The number of carbonyl (C=O) groups excluding carboxylic acids is 1. The molecular formula is C25H28ClN5O. The maximum atomic E-state index is 13.5. The summed E-state index contributed by atoms with van der Waals surface area (Å²) in [6.45, 7) is 4.63. The molecule has 32 heavy (non-hydrogen) atoms. The van der Waals surface area contributed by atoms with Crippen molar-refractivity contribution < 1.29 is 4.79 Å². The third-order valence-electron chi connectivity index (χ3n) is 5.80. The van der Waals surface area contributed by atoms with Gasteiger partial charge in [0.25, 0.3) is 5.91 Å². The van der Waals surface area contributed by atoms with Crippen molar-refractivity contribution in [1.82, 2.24) is 15.3 Å². The average molecular weight is 450 g/mol. The van der Waals surface area contributed by atoms with Crippen molar-refractivity contribution in [3.63, 3.8) is 0 Å².